The van der Waals surface area contributed by atoms with Gasteiger partial charge in [-0.1, -0.05) is 70.9 Å². The largest absolute Gasteiger partial charge is 0.0985 e. The summed E-state index contributed by atoms with van der Waals surface area (Å²) >= 11 is 0. The monoisotopic (exact) mass is 230 g/mol. The lowest BCUT2D eigenvalue weighted by molar-refractivity contribution is 0.522. The van der Waals surface area contributed by atoms with Crippen molar-refractivity contribution in [3.63, 3.8) is 0 Å². The van der Waals surface area contributed by atoms with Crippen molar-refractivity contribution in [1.29, 1.82) is 0 Å². The van der Waals surface area contributed by atoms with Crippen molar-refractivity contribution in [2.45, 2.75) is 52.9 Å². The Hall–Kier alpha value is -1.04. The molecular formula is C17H26. The van der Waals surface area contributed by atoms with Gasteiger partial charge < -0.3 is 0 Å². The average molecular weight is 230 g/mol. The van der Waals surface area contributed by atoms with Crippen LogP contribution in [0.1, 0.15) is 56.7 Å². The molecule has 1 unspecified atom stereocenters. The normalized spacial score (nSPS) is 12.4. The zero-order valence-corrected chi connectivity index (χ0v) is 11.6. The van der Waals surface area contributed by atoms with Crippen LogP contribution in [0.3, 0.4) is 0 Å². The molecule has 0 fully saturated rings. The van der Waals surface area contributed by atoms with E-state index in [-0.39, 0.29) is 0 Å². The third-order valence-corrected chi connectivity index (χ3v) is 3.32. The summed E-state index contributed by atoms with van der Waals surface area (Å²) < 4.78 is 0. The molecule has 0 nitrogen and oxygen atoms in total. The highest BCUT2D eigenvalue weighted by Gasteiger charge is 2.05. The van der Waals surface area contributed by atoms with Gasteiger partial charge in [-0.2, -0.15) is 0 Å². The first-order chi connectivity index (χ1) is 8.21. The molecule has 0 spiro atoms. The summed E-state index contributed by atoms with van der Waals surface area (Å²) in [5.41, 5.74) is 4.23. The van der Waals surface area contributed by atoms with Crippen molar-refractivity contribution >= 4 is 6.08 Å². The lowest BCUT2D eigenvalue weighted by atomic mass is 9.93. The van der Waals surface area contributed by atoms with E-state index in [1.165, 1.54) is 42.4 Å². The fourth-order valence-electron chi connectivity index (χ4n) is 2.46. The molecule has 0 heteroatoms. The van der Waals surface area contributed by atoms with Crippen LogP contribution < -0.4 is 0 Å². The third kappa shape index (κ3) is 4.38. The van der Waals surface area contributed by atoms with Gasteiger partial charge in [0.1, 0.15) is 0 Å². The molecule has 0 aliphatic heterocycles. The number of hydrogen-bond acceptors (Lipinski definition) is 0. The summed E-state index contributed by atoms with van der Waals surface area (Å²) in [5, 5.41) is 0. The highest BCUT2D eigenvalue weighted by molar-refractivity contribution is 5.53. The van der Waals surface area contributed by atoms with E-state index in [0.29, 0.717) is 0 Å². The van der Waals surface area contributed by atoms with Crippen molar-refractivity contribution in [3.8, 4) is 0 Å². The van der Waals surface area contributed by atoms with Gasteiger partial charge in [0.15, 0.2) is 0 Å². The third-order valence-electron chi connectivity index (χ3n) is 3.32. The molecule has 0 heterocycles. The van der Waals surface area contributed by atoms with Crippen molar-refractivity contribution < 1.29 is 0 Å². The number of rotatable bonds is 7. The van der Waals surface area contributed by atoms with Crippen LogP contribution in [0.5, 0.6) is 0 Å². The first-order valence-corrected chi connectivity index (χ1v) is 6.95. The standard InChI is InChI=1S/C17H26/c1-5-8-14(4)12-15-10-11-17(9-6-2)16(7-3)13-15/h7,10-11,13-14H,3,5-6,8-9,12H2,1-2,4H3. The maximum Gasteiger partial charge on any atom is -0.0228 e. The Bertz CT molecular complexity index is 349. The van der Waals surface area contributed by atoms with E-state index in [1.807, 2.05) is 6.08 Å². The molecule has 1 aromatic carbocycles. The molecule has 0 aliphatic carbocycles. The molecule has 0 aromatic heterocycles. The zero-order chi connectivity index (χ0) is 12.7. The van der Waals surface area contributed by atoms with Gasteiger partial charge >= 0.3 is 0 Å². The Balaban J connectivity index is 2.78. The molecular weight excluding hydrogens is 204 g/mol. The second-order valence-electron chi connectivity index (χ2n) is 5.09. The van der Waals surface area contributed by atoms with Crippen molar-refractivity contribution in [1.82, 2.24) is 0 Å². The lowest BCUT2D eigenvalue weighted by Crippen LogP contribution is -2.00. The summed E-state index contributed by atoms with van der Waals surface area (Å²) in [6.07, 6.45) is 8.15. The summed E-state index contributed by atoms with van der Waals surface area (Å²) in [5.74, 6) is 0.787. The van der Waals surface area contributed by atoms with Gasteiger partial charge in [-0.05, 0) is 35.4 Å². The van der Waals surface area contributed by atoms with Crippen LogP contribution >= 0.6 is 0 Å². The molecule has 0 saturated carbocycles. The predicted molar refractivity (Wildman–Crippen MR) is 78.3 cm³/mol. The smallest absolute Gasteiger partial charge is 0.0228 e. The maximum atomic E-state index is 3.93. The first kappa shape index (κ1) is 14.0. The molecule has 0 bridgehead atoms. The molecule has 1 rings (SSSR count). The van der Waals surface area contributed by atoms with Gasteiger partial charge in [-0.3, -0.25) is 0 Å². The summed E-state index contributed by atoms with van der Waals surface area (Å²) in [6.45, 7) is 10.8. The Labute approximate surface area is 107 Å². The van der Waals surface area contributed by atoms with Crippen LogP contribution in [0, 0.1) is 5.92 Å². The van der Waals surface area contributed by atoms with Gasteiger partial charge in [-0.15, -0.1) is 0 Å². The van der Waals surface area contributed by atoms with E-state index in [1.54, 1.807) is 0 Å². The van der Waals surface area contributed by atoms with Gasteiger partial charge in [-0.25, -0.2) is 0 Å². The maximum absolute atomic E-state index is 3.93. The Morgan fingerprint density at radius 2 is 2.00 bits per heavy atom. The lowest BCUT2D eigenvalue weighted by Gasteiger charge is -2.12. The quantitative estimate of drug-likeness (QED) is 0.599. The van der Waals surface area contributed by atoms with E-state index in [2.05, 4.69) is 45.5 Å². The summed E-state index contributed by atoms with van der Waals surface area (Å²) in [6, 6.07) is 6.91. The molecule has 0 radical (unpaired) electrons. The molecule has 94 valence electrons. The topological polar surface area (TPSA) is 0 Å². The number of aryl methyl sites for hydroxylation is 1. The van der Waals surface area contributed by atoms with Crippen molar-refractivity contribution in [2.75, 3.05) is 0 Å². The van der Waals surface area contributed by atoms with Crippen LogP contribution in [0.25, 0.3) is 6.08 Å². The number of benzene rings is 1. The predicted octanol–water partition coefficient (Wildman–Crippen LogP) is 5.26. The summed E-state index contributed by atoms with van der Waals surface area (Å²) in [7, 11) is 0. The van der Waals surface area contributed by atoms with E-state index in [0.717, 1.165) is 12.3 Å². The number of hydrogen-bond donors (Lipinski definition) is 0. The molecule has 1 aromatic rings. The minimum atomic E-state index is 0.787. The van der Waals surface area contributed by atoms with E-state index < -0.39 is 0 Å². The zero-order valence-electron chi connectivity index (χ0n) is 11.6. The van der Waals surface area contributed by atoms with Gasteiger partial charge in [0.05, 0.1) is 0 Å². The van der Waals surface area contributed by atoms with Crippen LogP contribution in [-0.2, 0) is 12.8 Å². The molecule has 1 atom stereocenters. The van der Waals surface area contributed by atoms with Gasteiger partial charge in [0.25, 0.3) is 0 Å². The van der Waals surface area contributed by atoms with Crippen LogP contribution in [0.2, 0.25) is 0 Å². The average Bonchev–Trinajstić information content (AvgIpc) is 2.31. The highest BCUT2D eigenvalue weighted by Crippen LogP contribution is 2.19. The van der Waals surface area contributed by atoms with Crippen LogP contribution in [0.4, 0.5) is 0 Å². The molecule has 0 saturated heterocycles. The van der Waals surface area contributed by atoms with Crippen LogP contribution in [0.15, 0.2) is 24.8 Å². The van der Waals surface area contributed by atoms with E-state index >= 15 is 0 Å². The van der Waals surface area contributed by atoms with E-state index in [9.17, 15) is 0 Å². The first-order valence-electron chi connectivity index (χ1n) is 6.95. The summed E-state index contributed by atoms with van der Waals surface area (Å²) in [4.78, 5) is 0. The van der Waals surface area contributed by atoms with Crippen molar-refractivity contribution in [3.05, 3.63) is 41.5 Å². The van der Waals surface area contributed by atoms with Gasteiger partial charge in [0.2, 0.25) is 0 Å². The minimum absolute atomic E-state index is 0.787. The fraction of sp³-hybridized carbons (Fsp3) is 0.529. The fourth-order valence-corrected chi connectivity index (χ4v) is 2.46. The molecule has 0 amide bonds. The van der Waals surface area contributed by atoms with Gasteiger partial charge in [0, 0.05) is 0 Å². The Morgan fingerprint density at radius 3 is 2.59 bits per heavy atom. The van der Waals surface area contributed by atoms with Crippen molar-refractivity contribution in [2.24, 2.45) is 5.92 Å². The molecule has 0 aliphatic rings. The SMILES string of the molecule is C=Cc1cc(CC(C)CCC)ccc1CCC. The Morgan fingerprint density at radius 1 is 1.24 bits per heavy atom. The second-order valence-corrected chi connectivity index (χ2v) is 5.09. The molecule has 0 N–H and O–H groups in total. The minimum Gasteiger partial charge on any atom is -0.0985 e. The van der Waals surface area contributed by atoms with E-state index in [4.69, 9.17) is 0 Å². The molecule has 17 heavy (non-hydrogen) atoms. The highest BCUT2D eigenvalue weighted by atomic mass is 14.1. The van der Waals surface area contributed by atoms with Crippen LogP contribution in [-0.4, -0.2) is 0 Å². The second kappa shape index (κ2) is 7.32. The Kier molecular flexibility index (Phi) is 6.04.